The summed E-state index contributed by atoms with van der Waals surface area (Å²) < 4.78 is 43.9. The lowest BCUT2D eigenvalue weighted by atomic mass is 10.9. The highest BCUT2D eigenvalue weighted by Gasteiger charge is 2.10. The summed E-state index contributed by atoms with van der Waals surface area (Å²) in [5.74, 6) is -0.716. The zero-order valence-electron chi connectivity index (χ0n) is 6.02. The predicted octanol–water partition coefficient (Wildman–Crippen LogP) is -0.426. The Kier molecular flexibility index (Phi) is 4.82. The van der Waals surface area contributed by atoms with Crippen LogP contribution in [0.5, 0.6) is 0 Å². The molecule has 0 amide bonds. The molecule has 0 aliphatic carbocycles. The van der Waals surface area contributed by atoms with Crippen LogP contribution in [0.4, 0.5) is 0 Å². The van der Waals surface area contributed by atoms with Crippen LogP contribution in [0.3, 0.4) is 0 Å². The fourth-order valence-electron chi connectivity index (χ4n) is 0.412. The van der Waals surface area contributed by atoms with Gasteiger partial charge in [-0.2, -0.15) is 8.42 Å². The topological polar surface area (TPSA) is 80.7 Å². The third-order valence-electron chi connectivity index (χ3n) is 0.805. The zero-order chi connectivity index (χ0) is 8.91. The zero-order valence-corrected chi connectivity index (χ0v) is 7.65. The van der Waals surface area contributed by atoms with E-state index in [0.29, 0.717) is 0 Å². The van der Waals surface area contributed by atoms with Crippen LogP contribution in [0, 0.1) is 0 Å². The van der Waals surface area contributed by atoms with Crippen LogP contribution >= 0.6 is 0 Å². The van der Waals surface area contributed by atoms with E-state index >= 15 is 0 Å². The maximum Gasteiger partial charge on any atom is 0.268 e. The average molecular weight is 202 g/mol. The molecule has 1 unspecified atom stereocenters. The van der Waals surface area contributed by atoms with Crippen LogP contribution < -0.4 is 0 Å². The summed E-state index contributed by atoms with van der Waals surface area (Å²) in [6.07, 6.45) is 0. The van der Waals surface area contributed by atoms with Gasteiger partial charge in [-0.1, -0.05) is 0 Å². The molecule has 0 radical (unpaired) electrons. The van der Waals surface area contributed by atoms with Gasteiger partial charge in [0.1, 0.15) is 0 Å². The molecular formula is C4H10O5S2. The van der Waals surface area contributed by atoms with Gasteiger partial charge in [-0.25, -0.2) is 4.21 Å². The second-order valence-electron chi connectivity index (χ2n) is 1.69. The van der Waals surface area contributed by atoms with E-state index in [2.05, 4.69) is 4.18 Å². The van der Waals surface area contributed by atoms with Crippen molar-refractivity contribution in [3.63, 3.8) is 0 Å². The molecule has 0 rings (SSSR count). The number of hydrogen-bond acceptors (Lipinski definition) is 4. The summed E-state index contributed by atoms with van der Waals surface area (Å²) in [5.41, 5.74) is 0. The van der Waals surface area contributed by atoms with Crippen LogP contribution in [0.2, 0.25) is 0 Å². The number of rotatable bonds is 5. The first-order valence-corrected chi connectivity index (χ1v) is 5.78. The van der Waals surface area contributed by atoms with Crippen LogP contribution in [0.25, 0.3) is 0 Å². The number of hydrogen-bond donors (Lipinski definition) is 1. The van der Waals surface area contributed by atoms with Gasteiger partial charge in [0.15, 0.2) is 11.1 Å². The molecule has 0 aromatic rings. The van der Waals surface area contributed by atoms with Crippen LogP contribution in [-0.2, 0) is 25.4 Å². The van der Waals surface area contributed by atoms with Crippen LogP contribution in [0.1, 0.15) is 6.92 Å². The predicted molar refractivity (Wildman–Crippen MR) is 41.1 cm³/mol. The molecule has 0 aliphatic rings. The second-order valence-corrected chi connectivity index (χ2v) is 4.50. The fraction of sp³-hybridized carbons (Fsp3) is 1.00. The molecule has 5 nitrogen and oxygen atoms in total. The Morgan fingerprint density at radius 3 is 2.45 bits per heavy atom. The summed E-state index contributed by atoms with van der Waals surface area (Å²) in [4.78, 5) is 0. The van der Waals surface area contributed by atoms with Crippen LogP contribution in [-0.4, -0.2) is 35.3 Å². The summed E-state index contributed by atoms with van der Waals surface area (Å²) in [6.45, 7) is 1.59. The maximum absolute atomic E-state index is 10.7. The summed E-state index contributed by atoms with van der Waals surface area (Å²) in [7, 11) is -3.58. The van der Waals surface area contributed by atoms with Crippen molar-refractivity contribution in [2.24, 2.45) is 0 Å². The molecule has 11 heavy (non-hydrogen) atoms. The lowest BCUT2D eigenvalue weighted by molar-refractivity contribution is 0.339. The van der Waals surface area contributed by atoms with Crippen molar-refractivity contribution < 1.29 is 21.4 Å². The Morgan fingerprint density at radius 2 is 2.09 bits per heavy atom. The summed E-state index contributed by atoms with van der Waals surface area (Å²) in [6, 6.07) is 0. The minimum Gasteiger partial charge on any atom is -0.306 e. The van der Waals surface area contributed by atoms with Crippen molar-refractivity contribution in [3.8, 4) is 0 Å². The molecule has 0 fully saturated rings. The fourth-order valence-corrected chi connectivity index (χ4v) is 2.28. The molecule has 0 aromatic heterocycles. The molecule has 0 bridgehead atoms. The Morgan fingerprint density at radius 1 is 1.55 bits per heavy atom. The van der Waals surface area contributed by atoms with E-state index in [9.17, 15) is 12.6 Å². The lowest BCUT2D eigenvalue weighted by Gasteiger charge is -1.99. The van der Waals surface area contributed by atoms with E-state index in [4.69, 9.17) is 4.55 Å². The van der Waals surface area contributed by atoms with E-state index in [-0.39, 0.29) is 12.4 Å². The first kappa shape index (κ1) is 11.0. The Bertz CT molecular complexity index is 219. The summed E-state index contributed by atoms with van der Waals surface area (Å²) in [5, 5.41) is 0. The summed E-state index contributed by atoms with van der Waals surface area (Å²) >= 11 is -2.07. The highest BCUT2D eigenvalue weighted by Crippen LogP contribution is 1.92. The largest absolute Gasteiger partial charge is 0.306 e. The Hall–Kier alpha value is 0.0200. The third kappa shape index (κ3) is 6.42. The van der Waals surface area contributed by atoms with Gasteiger partial charge >= 0.3 is 0 Å². The minimum absolute atomic E-state index is 0.0559. The van der Waals surface area contributed by atoms with Gasteiger partial charge < -0.3 is 4.55 Å². The molecular weight excluding hydrogens is 192 g/mol. The van der Waals surface area contributed by atoms with Crippen molar-refractivity contribution in [3.05, 3.63) is 0 Å². The van der Waals surface area contributed by atoms with Gasteiger partial charge in [-0.3, -0.25) is 4.18 Å². The quantitative estimate of drug-likeness (QED) is 0.483. The lowest BCUT2D eigenvalue weighted by Crippen LogP contribution is -2.15. The Balaban J connectivity index is 3.84. The maximum atomic E-state index is 10.7. The highest BCUT2D eigenvalue weighted by atomic mass is 32.2. The molecule has 0 aromatic carbocycles. The molecule has 0 aliphatic heterocycles. The monoisotopic (exact) mass is 202 g/mol. The average Bonchev–Trinajstić information content (AvgIpc) is 1.84. The molecule has 0 heterocycles. The van der Waals surface area contributed by atoms with Gasteiger partial charge in [-0.15, -0.1) is 0 Å². The molecule has 0 saturated heterocycles. The molecule has 1 atom stereocenters. The third-order valence-corrected chi connectivity index (χ3v) is 2.92. The van der Waals surface area contributed by atoms with E-state index < -0.39 is 27.0 Å². The van der Waals surface area contributed by atoms with E-state index in [1.807, 2.05) is 0 Å². The molecule has 7 heteroatoms. The Labute approximate surface area is 68.2 Å². The van der Waals surface area contributed by atoms with Crippen molar-refractivity contribution >= 4 is 21.2 Å². The highest BCUT2D eigenvalue weighted by molar-refractivity contribution is 7.88. The molecule has 68 valence electrons. The van der Waals surface area contributed by atoms with E-state index in [0.717, 1.165) is 0 Å². The van der Waals surface area contributed by atoms with Crippen LogP contribution in [0.15, 0.2) is 0 Å². The standard InChI is InChI=1S/C4H10O5S2/c1-2-9-11(7,8)4-3-10(5)6/h2-4H2,1H3,(H,5,6). The second kappa shape index (κ2) is 4.81. The first-order chi connectivity index (χ1) is 4.98. The van der Waals surface area contributed by atoms with Gasteiger partial charge in [0.2, 0.25) is 0 Å². The normalized spacial score (nSPS) is 14.7. The van der Waals surface area contributed by atoms with Crippen molar-refractivity contribution in [2.45, 2.75) is 6.92 Å². The van der Waals surface area contributed by atoms with Crippen molar-refractivity contribution in [1.82, 2.24) is 0 Å². The van der Waals surface area contributed by atoms with Gasteiger partial charge in [0.25, 0.3) is 10.1 Å². The smallest absolute Gasteiger partial charge is 0.268 e. The molecule has 0 saturated carbocycles. The molecule has 0 spiro atoms. The van der Waals surface area contributed by atoms with Gasteiger partial charge in [0.05, 0.1) is 18.1 Å². The van der Waals surface area contributed by atoms with Gasteiger partial charge in [0, 0.05) is 0 Å². The minimum atomic E-state index is -3.58. The van der Waals surface area contributed by atoms with E-state index in [1.54, 1.807) is 0 Å². The van der Waals surface area contributed by atoms with E-state index in [1.165, 1.54) is 6.92 Å². The van der Waals surface area contributed by atoms with Gasteiger partial charge in [-0.05, 0) is 6.92 Å². The molecule has 1 N–H and O–H groups in total. The first-order valence-electron chi connectivity index (χ1n) is 2.92. The van der Waals surface area contributed by atoms with Crippen molar-refractivity contribution in [2.75, 3.05) is 18.1 Å². The van der Waals surface area contributed by atoms with Crippen molar-refractivity contribution in [1.29, 1.82) is 0 Å². The SMILES string of the molecule is CCOS(=O)(=O)CCS(=O)O.